The van der Waals surface area contributed by atoms with Crippen LogP contribution in [0.4, 0.5) is 5.13 Å². The number of esters is 10. The average Bonchev–Trinajstić information content (AvgIpc) is 1.37. The molecule has 556 valence electrons. The number of carbonyl (C=O) groups excluding carboxylic acids is 10. The number of benzene rings is 5. The number of anilines is 1. The van der Waals surface area contributed by atoms with E-state index in [2.05, 4.69) is 41.8 Å². The van der Waals surface area contributed by atoms with Gasteiger partial charge in [0.15, 0.2) is 0 Å². The number of aryl methyl sites for hydroxylation is 1. The number of hydrogen-bond donors (Lipinski definition) is 1. The molecule has 0 spiro atoms. The molecule has 1 N–H and O–H groups in total. The minimum atomic E-state index is -0.548. The zero-order valence-electron chi connectivity index (χ0n) is 58.7. The molecule has 0 unspecified atom stereocenters. The molecule has 1 heterocycles. The lowest BCUT2D eigenvalue weighted by atomic mass is 9.82. The van der Waals surface area contributed by atoms with E-state index in [4.69, 9.17) is 56.8 Å². The summed E-state index contributed by atoms with van der Waals surface area (Å²) in [6.45, 7) is 17.5. The quantitative estimate of drug-likeness (QED) is 0.00712. The Morgan fingerprint density at radius 3 is 1.25 bits per heavy atom. The number of unbranched alkanes of at least 4 members (excludes halogenated alkanes) is 4. The predicted molar refractivity (Wildman–Crippen MR) is 388 cm³/mol. The average molecular weight is 1460 g/mol. The van der Waals surface area contributed by atoms with Crippen LogP contribution in [-0.4, -0.2) is 124 Å². The Hall–Kier alpha value is -11.3. The number of nitrogens with one attached hydrogen (secondary N) is 1. The van der Waals surface area contributed by atoms with Gasteiger partial charge in [-0.25, -0.2) is 33.8 Å². The van der Waals surface area contributed by atoms with Crippen LogP contribution in [0.1, 0.15) is 135 Å². The van der Waals surface area contributed by atoms with Crippen molar-refractivity contribution in [2.45, 2.75) is 110 Å². The van der Waals surface area contributed by atoms with Crippen molar-refractivity contribution >= 4 is 92.6 Å². The van der Waals surface area contributed by atoms with Crippen molar-refractivity contribution in [3.63, 3.8) is 0 Å². The van der Waals surface area contributed by atoms with Crippen molar-refractivity contribution in [2.24, 2.45) is 28.8 Å². The van der Waals surface area contributed by atoms with E-state index < -0.39 is 59.6 Å². The Kier molecular flexibility index (Phi) is 34.2. The summed E-state index contributed by atoms with van der Waals surface area (Å²) in [7, 11) is 0. The fraction of sp³-hybridized carbons (Fsp3) is 0.367. The van der Waals surface area contributed by atoms with E-state index in [1.54, 1.807) is 91.9 Å². The van der Waals surface area contributed by atoms with Gasteiger partial charge in [-0.3, -0.25) is 24.6 Å². The molecule has 0 radical (unpaired) electrons. The normalized spacial score (nSPS) is 15.1. The molecule has 5 aromatic carbocycles. The van der Waals surface area contributed by atoms with Gasteiger partial charge in [-0.1, -0.05) is 49.8 Å². The van der Waals surface area contributed by atoms with Crippen LogP contribution in [-0.2, 0) is 66.8 Å². The molecule has 0 aliphatic heterocycles. The highest BCUT2D eigenvalue weighted by Gasteiger charge is 2.34. The molecule has 1 aromatic heterocycles. The Labute approximate surface area is 612 Å². The summed E-state index contributed by atoms with van der Waals surface area (Å²) in [5.74, 6) is -3.66. The summed E-state index contributed by atoms with van der Waals surface area (Å²) in [4.78, 5) is 126. The first kappa shape index (κ1) is 81.0. The number of carbonyl (C=O) groups is 10. The number of hydrazone groups is 1. The fourth-order valence-corrected chi connectivity index (χ4v) is 11.4. The Morgan fingerprint density at radius 1 is 0.429 bits per heavy atom. The van der Waals surface area contributed by atoms with Gasteiger partial charge in [0, 0.05) is 29.9 Å². The fourth-order valence-electron chi connectivity index (χ4n) is 10.6. The number of hydrogen-bond acceptors (Lipinski definition) is 26. The third-order valence-electron chi connectivity index (χ3n) is 16.4. The van der Waals surface area contributed by atoms with Crippen LogP contribution in [0.15, 0.2) is 165 Å². The largest absolute Gasteiger partial charge is 0.494 e. The summed E-state index contributed by atoms with van der Waals surface area (Å²) in [5, 5.41) is 4.91. The van der Waals surface area contributed by atoms with Gasteiger partial charge in [-0.15, -0.1) is 0 Å². The maximum atomic E-state index is 13.4. The summed E-state index contributed by atoms with van der Waals surface area (Å²) in [5.41, 5.74) is 5.42. The molecular formula is C79H87N3O22S. The van der Waals surface area contributed by atoms with E-state index in [-0.39, 0.29) is 61.7 Å². The van der Waals surface area contributed by atoms with E-state index in [0.29, 0.717) is 180 Å². The van der Waals surface area contributed by atoms with E-state index in [0.717, 1.165) is 34.5 Å². The highest BCUT2D eigenvalue weighted by atomic mass is 32.1. The van der Waals surface area contributed by atoms with Crippen LogP contribution in [0.25, 0.3) is 10.2 Å². The molecular weight excluding hydrogens is 1370 g/mol. The Balaban J connectivity index is 0.000000306. The third-order valence-corrected chi connectivity index (χ3v) is 17.4. The minimum Gasteiger partial charge on any atom is -0.494 e. The van der Waals surface area contributed by atoms with Crippen molar-refractivity contribution in [3.8, 4) is 34.5 Å². The number of nitrogens with zero attached hydrogens (tertiary/aromatic N) is 2. The molecule has 2 aliphatic rings. The van der Waals surface area contributed by atoms with Crippen molar-refractivity contribution in [1.29, 1.82) is 0 Å². The highest BCUT2D eigenvalue weighted by molar-refractivity contribution is 7.22. The molecule has 6 aromatic rings. The first-order chi connectivity index (χ1) is 50.9. The van der Waals surface area contributed by atoms with Crippen LogP contribution < -0.4 is 33.8 Å². The molecule has 2 aliphatic carbocycles. The standard InChI is InChI=1S/C44H51N3O12S.C35H36O10/c1-3-38(48)54-23-7-9-25-56-40(50)29-13-17-31(18-14-29)42(52)58-34-21-22-36(33(27-34)28-45-47-44-46-35-11-5-6-12-37(35)60-44)59-43(53)32-19-15-30(16-20-32)41(51)57-26-10-8-24-55-39(49)4-2;1-4-32(36)42-22-8-6-20-40-28-14-10-26(11-15-28)34(38)44-30-18-19-31(25(3)24-30)45-35(39)27-12-16-29(17-13-27)41-21-7-9-23-43-33(37)5-2/h3-6,11-12,21-22,27-32H,1-2,7-10,13-20,23-26H2,(H,46,47);4-5,10-19,24H,1-2,6-9,20-23H2,3H3/b45-28+;. The van der Waals surface area contributed by atoms with E-state index >= 15 is 0 Å². The zero-order valence-corrected chi connectivity index (χ0v) is 59.5. The van der Waals surface area contributed by atoms with E-state index in [9.17, 15) is 47.9 Å². The SMILES string of the molecule is C=CC(=O)OCCCCOC(=O)C1CCC(C(=O)Oc2ccc(OC(=O)C3CCC(C(=O)OCCCCOC(=O)C=C)CC3)c(/C=N/Nc3nc4ccccc4s3)c2)CC1.C=CC(=O)OCCCCOc1ccc(C(=O)Oc2ccc(OC(=O)c3ccc(OCCCCOC(=O)C=C)cc3)c(C)c2)cc1. The Morgan fingerprint density at radius 2 is 0.810 bits per heavy atom. The van der Waals surface area contributed by atoms with Gasteiger partial charge in [-0.2, -0.15) is 5.10 Å². The second-order valence-electron chi connectivity index (χ2n) is 24.1. The van der Waals surface area contributed by atoms with Crippen LogP contribution in [0.5, 0.6) is 34.5 Å². The van der Waals surface area contributed by atoms with Gasteiger partial charge < -0.3 is 56.8 Å². The number of aromatic nitrogens is 1. The smallest absolute Gasteiger partial charge is 0.343 e. The molecule has 0 saturated heterocycles. The molecule has 0 bridgehead atoms. The van der Waals surface area contributed by atoms with Crippen LogP contribution >= 0.6 is 11.3 Å². The summed E-state index contributed by atoms with van der Waals surface area (Å²) < 4.78 is 65.5. The van der Waals surface area contributed by atoms with Crippen molar-refractivity contribution < 1.29 is 105 Å². The second kappa shape index (κ2) is 44.3. The van der Waals surface area contributed by atoms with Crippen LogP contribution in [0.3, 0.4) is 0 Å². The number of fused-ring (bicyclic) bond motifs is 1. The predicted octanol–water partition coefficient (Wildman–Crippen LogP) is 13.5. The number of ether oxygens (including phenoxy) is 12. The zero-order chi connectivity index (χ0) is 75.1. The molecule has 0 atom stereocenters. The van der Waals surface area contributed by atoms with Crippen molar-refractivity contribution in [3.05, 3.63) is 182 Å². The number of para-hydroxylation sites is 1. The molecule has 2 saturated carbocycles. The van der Waals surface area contributed by atoms with Crippen molar-refractivity contribution in [2.75, 3.05) is 58.3 Å². The number of thiazole rings is 1. The van der Waals surface area contributed by atoms with Gasteiger partial charge in [0.25, 0.3) is 0 Å². The molecule has 26 heteroatoms. The topological polar surface area (TPSA) is 319 Å². The molecule has 25 nitrogen and oxygen atoms in total. The van der Waals surface area contributed by atoms with Gasteiger partial charge in [0.1, 0.15) is 34.5 Å². The van der Waals surface area contributed by atoms with Gasteiger partial charge >= 0.3 is 59.7 Å². The van der Waals surface area contributed by atoms with Crippen LogP contribution in [0.2, 0.25) is 0 Å². The lowest BCUT2D eigenvalue weighted by Crippen LogP contribution is -2.30. The van der Waals surface area contributed by atoms with Crippen LogP contribution in [0, 0.1) is 30.6 Å². The second-order valence-corrected chi connectivity index (χ2v) is 25.1. The maximum absolute atomic E-state index is 13.4. The number of rotatable bonds is 39. The Bertz CT molecular complexity index is 3950. The van der Waals surface area contributed by atoms with Gasteiger partial charge in [-0.05, 0) is 212 Å². The first-order valence-electron chi connectivity index (χ1n) is 34.6. The molecule has 105 heavy (non-hydrogen) atoms. The summed E-state index contributed by atoms with van der Waals surface area (Å²) in [6.07, 6.45) is 14.6. The summed E-state index contributed by atoms with van der Waals surface area (Å²) in [6, 6.07) is 30.2. The maximum Gasteiger partial charge on any atom is 0.343 e. The monoisotopic (exact) mass is 1460 g/mol. The molecule has 8 rings (SSSR count). The highest BCUT2D eigenvalue weighted by Crippen LogP contribution is 2.35. The van der Waals surface area contributed by atoms with Gasteiger partial charge in [0.2, 0.25) is 5.13 Å². The summed E-state index contributed by atoms with van der Waals surface area (Å²) >= 11 is 1.42. The molecule has 0 amide bonds. The molecule has 2 fully saturated rings. The lowest BCUT2D eigenvalue weighted by Gasteiger charge is -2.26. The minimum absolute atomic E-state index is 0.215. The lowest BCUT2D eigenvalue weighted by molar-refractivity contribution is -0.152. The van der Waals surface area contributed by atoms with E-state index in [1.807, 2.05) is 24.3 Å². The van der Waals surface area contributed by atoms with E-state index in [1.165, 1.54) is 17.6 Å². The third kappa shape index (κ3) is 28.5. The van der Waals surface area contributed by atoms with Crippen molar-refractivity contribution in [1.82, 2.24) is 4.98 Å². The first-order valence-corrected chi connectivity index (χ1v) is 35.5. The van der Waals surface area contributed by atoms with Gasteiger partial charge in [0.05, 0.1) is 104 Å².